The van der Waals surface area contributed by atoms with Gasteiger partial charge >= 0.3 is 35.3 Å². The Morgan fingerprint density at radius 1 is 0.697 bits per heavy atom. The Morgan fingerprint density at radius 2 is 1.12 bits per heavy atom. The fourth-order valence-electron chi connectivity index (χ4n) is 3.27. The highest BCUT2D eigenvalue weighted by molar-refractivity contribution is 6.08. The van der Waals surface area contributed by atoms with Crippen LogP contribution in [0.1, 0.15) is 0 Å². The Morgan fingerprint density at radius 3 is 1.58 bits per heavy atom. The number of nitro groups is 1. The van der Waals surface area contributed by atoms with E-state index >= 15 is 0 Å². The summed E-state index contributed by atoms with van der Waals surface area (Å²) in [5.41, 5.74) is -8.55. The van der Waals surface area contributed by atoms with Gasteiger partial charge in [0, 0.05) is 17.1 Å². The van der Waals surface area contributed by atoms with Crippen molar-refractivity contribution < 1.29 is 58.0 Å². The normalized spacial score (nSPS) is 23.6. The number of carbonyl (C=O) groups is 1. The van der Waals surface area contributed by atoms with Crippen molar-refractivity contribution in [3.63, 3.8) is 0 Å². The van der Waals surface area contributed by atoms with Gasteiger partial charge in [-0.3, -0.25) is 14.9 Å². The van der Waals surface area contributed by atoms with Crippen molar-refractivity contribution in [2.24, 2.45) is 0 Å². The zero-order valence-electron chi connectivity index (χ0n) is 15.3. The molecule has 0 unspecified atom stereocenters. The van der Waals surface area contributed by atoms with Crippen LogP contribution in [0.25, 0.3) is 10.8 Å². The summed E-state index contributed by atoms with van der Waals surface area (Å²) in [5.74, 6) is -40.5. The average Bonchev–Trinajstić information content (AvgIpc) is 2.71. The molecule has 1 fully saturated rings. The molecule has 33 heavy (non-hydrogen) atoms. The molecule has 0 radical (unpaired) electrons. The van der Waals surface area contributed by atoms with E-state index in [1.165, 1.54) is 6.07 Å². The number of halogens is 11. The van der Waals surface area contributed by atoms with Gasteiger partial charge in [-0.15, -0.1) is 0 Å². The third-order valence-corrected chi connectivity index (χ3v) is 5.10. The molecule has 0 bridgehead atoms. The number of nitrogens with one attached hydrogen (secondary N) is 1. The molecule has 180 valence electrons. The minimum absolute atomic E-state index is 0.391. The lowest BCUT2D eigenvalue weighted by molar-refractivity contribution is -0.475. The van der Waals surface area contributed by atoms with Crippen LogP contribution in [-0.2, 0) is 4.79 Å². The van der Waals surface area contributed by atoms with E-state index in [0.29, 0.717) is 12.1 Å². The van der Waals surface area contributed by atoms with Gasteiger partial charge in [0.2, 0.25) is 0 Å². The number of carbonyl (C=O) groups excluding carboxylic acids is 1. The van der Waals surface area contributed by atoms with E-state index in [2.05, 4.69) is 0 Å². The van der Waals surface area contributed by atoms with Crippen LogP contribution < -0.4 is 5.32 Å². The number of amides is 1. The van der Waals surface area contributed by atoms with Gasteiger partial charge in [-0.05, 0) is 12.1 Å². The van der Waals surface area contributed by atoms with Gasteiger partial charge in [0.25, 0.3) is 11.6 Å². The SMILES string of the molecule is O=C(Nc1ccc([N+](=O)[O-])c2ccccc12)C1(F)C(F)(F)C(F)(F)C(F)(F)C(F)(F)C1(F)F. The quantitative estimate of drug-likeness (QED) is 0.343. The van der Waals surface area contributed by atoms with Crippen LogP contribution in [0, 0.1) is 10.1 Å². The minimum Gasteiger partial charge on any atom is -0.322 e. The smallest absolute Gasteiger partial charge is 0.322 e. The van der Waals surface area contributed by atoms with Crippen molar-refractivity contribution in [2.75, 3.05) is 5.32 Å². The topological polar surface area (TPSA) is 72.2 Å². The van der Waals surface area contributed by atoms with Gasteiger partial charge in [-0.1, -0.05) is 18.2 Å². The Hall–Kier alpha value is -3.20. The number of nitrogens with zero attached hydrogens (tertiary/aromatic N) is 1. The summed E-state index contributed by atoms with van der Waals surface area (Å²) in [6, 6.07) is 5.26. The number of fused-ring (bicyclic) bond motifs is 1. The van der Waals surface area contributed by atoms with Gasteiger partial charge in [-0.25, -0.2) is 4.39 Å². The first kappa shape index (κ1) is 24.4. The van der Waals surface area contributed by atoms with Gasteiger partial charge < -0.3 is 5.32 Å². The molecule has 1 N–H and O–H groups in total. The summed E-state index contributed by atoms with van der Waals surface area (Å²) >= 11 is 0. The van der Waals surface area contributed by atoms with Crippen molar-refractivity contribution >= 4 is 28.1 Å². The number of alkyl halides is 11. The minimum atomic E-state index is -7.46. The molecule has 1 aliphatic rings. The molecule has 0 saturated heterocycles. The lowest BCUT2D eigenvalue weighted by Crippen LogP contribution is -2.86. The highest BCUT2D eigenvalue weighted by Gasteiger charge is 3.02. The van der Waals surface area contributed by atoms with Crippen LogP contribution in [0.5, 0.6) is 0 Å². The number of non-ortho nitro benzene ring substituents is 1. The molecule has 3 rings (SSSR count). The third-order valence-electron chi connectivity index (χ3n) is 5.10. The number of hydrogen-bond acceptors (Lipinski definition) is 3. The Balaban J connectivity index is 2.21. The highest BCUT2D eigenvalue weighted by atomic mass is 19.4. The first-order valence-electron chi connectivity index (χ1n) is 8.36. The van der Waals surface area contributed by atoms with E-state index in [9.17, 15) is 63.2 Å². The second-order valence-corrected chi connectivity index (χ2v) is 6.92. The first-order valence-corrected chi connectivity index (χ1v) is 8.36. The maximum Gasteiger partial charge on any atom is 0.384 e. The van der Waals surface area contributed by atoms with Crippen LogP contribution in [0.3, 0.4) is 0 Å². The fourth-order valence-corrected chi connectivity index (χ4v) is 3.27. The molecule has 2 aromatic rings. The second-order valence-electron chi connectivity index (χ2n) is 6.92. The molecule has 1 saturated carbocycles. The number of nitro benzene ring substituents is 1. The van der Waals surface area contributed by atoms with E-state index in [1.807, 2.05) is 0 Å². The van der Waals surface area contributed by atoms with E-state index in [4.69, 9.17) is 0 Å². The maximum atomic E-state index is 14.8. The molecular weight excluding hydrogens is 489 g/mol. The molecule has 5 nitrogen and oxygen atoms in total. The molecule has 0 aliphatic heterocycles. The van der Waals surface area contributed by atoms with Crippen LogP contribution in [0.15, 0.2) is 36.4 Å². The zero-order chi connectivity index (χ0) is 25.4. The third kappa shape index (κ3) is 2.62. The van der Waals surface area contributed by atoms with Crippen molar-refractivity contribution in [1.82, 2.24) is 0 Å². The van der Waals surface area contributed by atoms with E-state index in [-0.39, 0.29) is 0 Å². The van der Waals surface area contributed by atoms with Gasteiger partial charge in [0.05, 0.1) is 10.3 Å². The zero-order valence-corrected chi connectivity index (χ0v) is 15.3. The summed E-state index contributed by atoms with van der Waals surface area (Å²) in [6.07, 6.45) is 0. The van der Waals surface area contributed by atoms with Crippen LogP contribution in [0.4, 0.5) is 59.7 Å². The summed E-state index contributed by atoms with van der Waals surface area (Å²) in [4.78, 5) is 22.1. The molecular formula is C17H7F11N2O3. The number of anilines is 1. The molecule has 0 aromatic heterocycles. The summed E-state index contributed by atoms with van der Waals surface area (Å²) in [5, 5.41) is 11.1. The highest BCUT2D eigenvalue weighted by Crippen LogP contribution is 2.69. The van der Waals surface area contributed by atoms with Crippen molar-refractivity contribution in [3.8, 4) is 0 Å². The predicted molar refractivity (Wildman–Crippen MR) is 87.8 cm³/mol. The lowest BCUT2D eigenvalue weighted by Gasteiger charge is -2.51. The summed E-state index contributed by atoms with van der Waals surface area (Å²) < 4.78 is 152. The van der Waals surface area contributed by atoms with Crippen molar-refractivity contribution in [2.45, 2.75) is 35.3 Å². The molecule has 1 amide bonds. The molecule has 0 heterocycles. The predicted octanol–water partition coefficient (Wildman–Crippen LogP) is 5.58. The molecule has 2 aromatic carbocycles. The van der Waals surface area contributed by atoms with Crippen LogP contribution >= 0.6 is 0 Å². The van der Waals surface area contributed by atoms with Gasteiger partial charge in [-0.2, -0.15) is 43.9 Å². The molecule has 0 atom stereocenters. The Kier molecular flexibility index (Phi) is 4.93. The van der Waals surface area contributed by atoms with Crippen molar-refractivity contribution in [1.29, 1.82) is 0 Å². The van der Waals surface area contributed by atoms with Crippen LogP contribution in [0.2, 0.25) is 0 Å². The second kappa shape index (κ2) is 6.66. The first-order chi connectivity index (χ1) is 14.8. The molecule has 16 heteroatoms. The Bertz CT molecular complexity index is 1140. The van der Waals surface area contributed by atoms with Gasteiger partial charge in [0.15, 0.2) is 0 Å². The lowest BCUT2D eigenvalue weighted by atomic mass is 9.71. The number of hydrogen-bond donors (Lipinski definition) is 1. The summed E-state index contributed by atoms with van der Waals surface area (Å²) in [7, 11) is 0. The number of benzene rings is 2. The monoisotopic (exact) mass is 496 g/mol. The average molecular weight is 496 g/mol. The van der Waals surface area contributed by atoms with Crippen molar-refractivity contribution in [3.05, 3.63) is 46.5 Å². The Labute approximate surface area is 174 Å². The fraction of sp³-hybridized carbons (Fsp3) is 0.353. The maximum absolute atomic E-state index is 14.8. The standard InChI is InChI=1S/C17H7F11N2O3/c18-12(13(19,20)15(23,24)17(27,28)16(25,26)14(12,21)22)11(31)29-9-5-6-10(30(32)33)8-4-2-1-3-7(8)9/h1-6H,(H,29,31). The summed E-state index contributed by atoms with van der Waals surface area (Å²) in [6.45, 7) is 0. The molecule has 1 aliphatic carbocycles. The van der Waals surface area contributed by atoms with E-state index in [0.717, 1.165) is 23.5 Å². The van der Waals surface area contributed by atoms with Gasteiger partial charge in [0.1, 0.15) is 0 Å². The number of rotatable bonds is 3. The largest absolute Gasteiger partial charge is 0.384 e. The van der Waals surface area contributed by atoms with Crippen LogP contribution in [-0.4, -0.2) is 46.1 Å². The van der Waals surface area contributed by atoms with E-state index < -0.39 is 68.3 Å². The molecule has 0 spiro atoms. The van der Waals surface area contributed by atoms with E-state index in [1.54, 1.807) is 0 Å².